The van der Waals surface area contributed by atoms with Crippen molar-refractivity contribution in [3.05, 3.63) is 65.3 Å². The minimum Gasteiger partial charge on any atom is -0.491 e. The fraction of sp³-hybridized carbons (Fsp3) is 0.158. The Morgan fingerprint density at radius 2 is 2.17 bits per heavy atom. The predicted molar refractivity (Wildman–Crippen MR) is 102 cm³/mol. The van der Waals surface area contributed by atoms with Crippen molar-refractivity contribution in [3.8, 4) is 11.8 Å². The van der Waals surface area contributed by atoms with E-state index in [0.29, 0.717) is 29.5 Å². The van der Waals surface area contributed by atoms with E-state index < -0.39 is 0 Å². The lowest BCUT2D eigenvalue weighted by molar-refractivity contribution is 0.329. The molecule has 0 spiro atoms. The third-order valence-corrected chi connectivity index (χ3v) is 3.42. The van der Waals surface area contributed by atoms with Gasteiger partial charge in [-0.15, -0.1) is 0 Å². The summed E-state index contributed by atoms with van der Waals surface area (Å²) in [6, 6.07) is 11.1. The van der Waals surface area contributed by atoms with Crippen LogP contribution >= 0.6 is 11.6 Å². The first-order valence-corrected chi connectivity index (χ1v) is 7.66. The minimum atomic E-state index is 0.432. The summed E-state index contributed by atoms with van der Waals surface area (Å²) in [5.74, 6) is 0.620. The molecule has 0 saturated heterocycles. The molecule has 0 bridgehead atoms. The molecule has 2 rings (SSSR count). The summed E-state index contributed by atoms with van der Waals surface area (Å²) in [6.07, 6.45) is 3.48. The van der Waals surface area contributed by atoms with Crippen molar-refractivity contribution in [2.75, 3.05) is 13.2 Å². The maximum Gasteiger partial charge on any atom is 0.138 e. The maximum atomic E-state index is 8.82. The van der Waals surface area contributed by atoms with Crippen LogP contribution in [0.1, 0.15) is 12.5 Å². The zero-order chi connectivity index (χ0) is 17.9. The average Bonchev–Trinajstić information content (AvgIpc) is 2.61. The van der Waals surface area contributed by atoms with Gasteiger partial charge < -0.3 is 10.5 Å². The van der Waals surface area contributed by atoms with Crippen LogP contribution in [0.15, 0.2) is 59.8 Å². The molecule has 2 aromatic rings. The molecule has 0 saturated carbocycles. The molecule has 2 aromatic carbocycles. The number of nitrogens with two attached hydrogens (primary N) is 1. The summed E-state index contributed by atoms with van der Waals surface area (Å²) in [5, 5.41) is 11.2. The van der Waals surface area contributed by atoms with Gasteiger partial charge in [-0.2, -0.15) is 5.26 Å². The number of hydrogen-bond donors (Lipinski definition) is 1. The number of benzene rings is 2. The molecule has 5 heteroatoms. The lowest BCUT2D eigenvalue weighted by Crippen LogP contribution is -2.10. The standard InChI is InChI=1S/C13H11ClN2O.C6H9N/c14-13-11-3-1-9(8-16)7-10(11)2-4-12(13)17-6-5-15;1-4-5-6(2)7-3/h1-4,7H,5-6,15H2;4-5H,1,3H2,2H3/b;6-5-. The van der Waals surface area contributed by atoms with Gasteiger partial charge >= 0.3 is 0 Å². The summed E-state index contributed by atoms with van der Waals surface area (Å²) < 4.78 is 5.43. The van der Waals surface area contributed by atoms with E-state index in [0.717, 1.165) is 16.5 Å². The second-order valence-corrected chi connectivity index (χ2v) is 5.14. The Hall–Kier alpha value is -2.61. The average molecular weight is 342 g/mol. The number of rotatable bonds is 5. The molecule has 0 radical (unpaired) electrons. The van der Waals surface area contributed by atoms with Gasteiger partial charge in [0.05, 0.1) is 16.7 Å². The number of allylic oxidation sites excluding steroid dienone is 3. The summed E-state index contributed by atoms with van der Waals surface area (Å²) in [6.45, 7) is 9.55. The number of fused-ring (bicyclic) bond motifs is 1. The zero-order valence-corrected chi connectivity index (χ0v) is 14.4. The number of ether oxygens (including phenoxy) is 1. The molecule has 24 heavy (non-hydrogen) atoms. The van der Waals surface area contributed by atoms with Gasteiger partial charge in [-0.05, 0) is 43.3 Å². The van der Waals surface area contributed by atoms with Crippen LogP contribution in [-0.2, 0) is 0 Å². The van der Waals surface area contributed by atoms with Gasteiger partial charge in [0, 0.05) is 17.6 Å². The van der Waals surface area contributed by atoms with Gasteiger partial charge in [-0.3, -0.25) is 4.99 Å². The Bertz CT molecular complexity index is 791. The first-order chi connectivity index (χ1) is 11.6. The molecule has 0 amide bonds. The normalized spacial score (nSPS) is 10.3. The molecule has 2 N–H and O–H groups in total. The van der Waals surface area contributed by atoms with E-state index in [1.165, 1.54) is 0 Å². The Labute approximate surface area is 147 Å². The molecule has 124 valence electrons. The molecule has 0 heterocycles. The van der Waals surface area contributed by atoms with Crippen LogP contribution < -0.4 is 10.5 Å². The summed E-state index contributed by atoms with van der Waals surface area (Å²) in [7, 11) is 0. The van der Waals surface area contributed by atoms with Crippen molar-refractivity contribution in [1.82, 2.24) is 0 Å². The van der Waals surface area contributed by atoms with Crippen LogP contribution in [0.2, 0.25) is 5.02 Å². The Balaban J connectivity index is 0.000000351. The molecule has 0 fully saturated rings. The van der Waals surface area contributed by atoms with Crippen molar-refractivity contribution in [3.63, 3.8) is 0 Å². The third-order valence-electron chi connectivity index (χ3n) is 3.03. The molecule has 0 unspecified atom stereocenters. The lowest BCUT2D eigenvalue weighted by Gasteiger charge is -2.09. The molecular weight excluding hydrogens is 322 g/mol. The fourth-order valence-corrected chi connectivity index (χ4v) is 2.13. The highest BCUT2D eigenvalue weighted by Gasteiger charge is 2.07. The first-order valence-electron chi connectivity index (χ1n) is 7.28. The van der Waals surface area contributed by atoms with Crippen LogP contribution in [-0.4, -0.2) is 19.9 Å². The topological polar surface area (TPSA) is 71.4 Å². The van der Waals surface area contributed by atoms with Crippen molar-refractivity contribution in [1.29, 1.82) is 5.26 Å². The fourth-order valence-electron chi connectivity index (χ4n) is 1.85. The largest absolute Gasteiger partial charge is 0.491 e. The molecule has 0 aliphatic rings. The molecule has 0 atom stereocenters. The third kappa shape index (κ3) is 5.54. The van der Waals surface area contributed by atoms with Gasteiger partial charge in [0.15, 0.2) is 0 Å². The quantitative estimate of drug-likeness (QED) is 0.643. The lowest BCUT2D eigenvalue weighted by atomic mass is 10.1. The van der Waals surface area contributed by atoms with Crippen molar-refractivity contribution in [2.45, 2.75) is 6.92 Å². The maximum absolute atomic E-state index is 8.82. The Kier molecular flexibility index (Phi) is 8.28. The number of hydrogen-bond acceptors (Lipinski definition) is 4. The van der Waals surface area contributed by atoms with Crippen LogP contribution in [0.3, 0.4) is 0 Å². The van der Waals surface area contributed by atoms with Gasteiger partial charge in [0.2, 0.25) is 0 Å². The summed E-state index contributed by atoms with van der Waals surface area (Å²) >= 11 is 6.22. The highest BCUT2D eigenvalue weighted by molar-refractivity contribution is 6.37. The van der Waals surface area contributed by atoms with E-state index in [2.05, 4.69) is 24.4 Å². The predicted octanol–water partition coefficient (Wildman–Crippen LogP) is 4.48. The molecule has 0 aliphatic heterocycles. The van der Waals surface area contributed by atoms with Crippen LogP contribution in [0.5, 0.6) is 5.75 Å². The second kappa shape index (κ2) is 10.2. The second-order valence-electron chi connectivity index (χ2n) is 4.76. The van der Waals surface area contributed by atoms with Gasteiger partial charge in [0.1, 0.15) is 12.4 Å². The number of halogens is 1. The van der Waals surface area contributed by atoms with Gasteiger partial charge in [-0.25, -0.2) is 0 Å². The molecular formula is C19H20ClN3O. The summed E-state index contributed by atoms with van der Waals surface area (Å²) in [5.41, 5.74) is 6.89. The first kappa shape index (κ1) is 19.4. The van der Waals surface area contributed by atoms with E-state index in [1.54, 1.807) is 30.4 Å². The van der Waals surface area contributed by atoms with E-state index in [9.17, 15) is 0 Å². The van der Waals surface area contributed by atoms with Crippen molar-refractivity contribution in [2.24, 2.45) is 10.7 Å². The van der Waals surface area contributed by atoms with Crippen molar-refractivity contribution >= 4 is 29.1 Å². The van der Waals surface area contributed by atoms with E-state index in [-0.39, 0.29) is 0 Å². The smallest absolute Gasteiger partial charge is 0.138 e. The Morgan fingerprint density at radius 3 is 2.71 bits per heavy atom. The SMILES string of the molecule is C=C/C=C(/C)N=C.N#Cc1ccc2c(Cl)c(OCCN)ccc2c1. The van der Waals surface area contributed by atoms with E-state index >= 15 is 0 Å². The van der Waals surface area contributed by atoms with E-state index in [1.807, 2.05) is 19.1 Å². The van der Waals surface area contributed by atoms with Crippen LogP contribution in [0.4, 0.5) is 0 Å². The minimum absolute atomic E-state index is 0.432. The Morgan fingerprint density at radius 1 is 1.42 bits per heavy atom. The highest BCUT2D eigenvalue weighted by Crippen LogP contribution is 2.33. The zero-order valence-electron chi connectivity index (χ0n) is 13.6. The molecule has 4 nitrogen and oxygen atoms in total. The van der Waals surface area contributed by atoms with Crippen LogP contribution in [0.25, 0.3) is 10.8 Å². The molecule has 0 aliphatic carbocycles. The number of nitriles is 1. The van der Waals surface area contributed by atoms with E-state index in [4.69, 9.17) is 27.3 Å². The number of aliphatic imine (C=N–C) groups is 1. The molecule has 0 aromatic heterocycles. The monoisotopic (exact) mass is 341 g/mol. The number of nitrogens with zero attached hydrogens (tertiary/aromatic N) is 2. The van der Waals surface area contributed by atoms with Crippen molar-refractivity contribution < 1.29 is 4.74 Å². The van der Waals surface area contributed by atoms with Crippen LogP contribution in [0, 0.1) is 11.3 Å². The highest BCUT2D eigenvalue weighted by atomic mass is 35.5. The summed E-state index contributed by atoms with van der Waals surface area (Å²) in [4.78, 5) is 3.62. The van der Waals surface area contributed by atoms with Gasteiger partial charge in [0.25, 0.3) is 0 Å². The van der Waals surface area contributed by atoms with Gasteiger partial charge in [-0.1, -0.05) is 36.4 Å².